The molecule has 2 amide bonds. The summed E-state index contributed by atoms with van der Waals surface area (Å²) in [6, 6.07) is 2.82. The molecule has 0 aliphatic carbocycles. The molecule has 2 heterocycles. The number of rotatable bonds is 1. The zero-order chi connectivity index (χ0) is 17.2. The molecule has 0 unspecified atom stereocenters. The van der Waals surface area contributed by atoms with Crippen molar-refractivity contribution in [2.75, 3.05) is 19.6 Å². The Morgan fingerprint density at radius 2 is 2.04 bits per heavy atom. The normalized spacial score (nSPS) is 18.7. The average Bonchev–Trinajstić information content (AvgIpc) is 2.45. The van der Waals surface area contributed by atoms with Gasteiger partial charge in [-0.15, -0.1) is 0 Å². The SMILES string of the molecule is C[C@@H]1CN(C(=O)c2ncccc2O)CCN1C(=O)OC(C)(C)C. The fraction of sp³-hybridized carbons (Fsp3) is 0.562. The van der Waals surface area contributed by atoms with Gasteiger partial charge in [-0.25, -0.2) is 9.78 Å². The Bertz CT molecular complexity index is 597. The zero-order valence-electron chi connectivity index (χ0n) is 13.9. The van der Waals surface area contributed by atoms with Gasteiger partial charge >= 0.3 is 6.09 Å². The molecular weight excluding hydrogens is 298 g/mol. The van der Waals surface area contributed by atoms with Crippen molar-refractivity contribution in [2.24, 2.45) is 0 Å². The van der Waals surface area contributed by atoms with Crippen LogP contribution in [-0.4, -0.2) is 63.2 Å². The molecule has 1 fully saturated rings. The molecule has 1 aliphatic rings. The van der Waals surface area contributed by atoms with E-state index in [-0.39, 0.29) is 29.5 Å². The summed E-state index contributed by atoms with van der Waals surface area (Å²) in [5.74, 6) is -0.474. The second-order valence-corrected chi connectivity index (χ2v) is 6.65. The summed E-state index contributed by atoms with van der Waals surface area (Å²) >= 11 is 0. The van der Waals surface area contributed by atoms with Gasteiger partial charge in [0.25, 0.3) is 5.91 Å². The van der Waals surface area contributed by atoms with Gasteiger partial charge in [-0.05, 0) is 39.8 Å². The smallest absolute Gasteiger partial charge is 0.410 e. The lowest BCUT2D eigenvalue weighted by Crippen LogP contribution is -2.56. The number of piperazine rings is 1. The number of amides is 2. The van der Waals surface area contributed by atoms with Crippen LogP contribution in [0.2, 0.25) is 0 Å². The molecule has 7 heteroatoms. The van der Waals surface area contributed by atoms with E-state index in [4.69, 9.17) is 4.74 Å². The second kappa shape index (κ2) is 6.44. The first-order valence-corrected chi connectivity index (χ1v) is 7.62. The lowest BCUT2D eigenvalue weighted by atomic mass is 10.1. The third-order valence-corrected chi connectivity index (χ3v) is 3.53. The minimum absolute atomic E-state index is 0.0328. The highest BCUT2D eigenvalue weighted by Gasteiger charge is 2.33. The van der Waals surface area contributed by atoms with Crippen molar-refractivity contribution < 1.29 is 19.4 Å². The van der Waals surface area contributed by atoms with E-state index >= 15 is 0 Å². The number of ether oxygens (including phenoxy) is 1. The fourth-order valence-electron chi connectivity index (χ4n) is 2.45. The molecule has 1 N–H and O–H groups in total. The number of carbonyl (C=O) groups excluding carboxylic acids is 2. The number of carbonyl (C=O) groups is 2. The van der Waals surface area contributed by atoms with Crippen LogP contribution < -0.4 is 0 Å². The van der Waals surface area contributed by atoms with Gasteiger partial charge in [0, 0.05) is 31.9 Å². The van der Waals surface area contributed by atoms with Gasteiger partial charge in [0.05, 0.1) is 0 Å². The van der Waals surface area contributed by atoms with Crippen LogP contribution in [0.5, 0.6) is 5.75 Å². The Morgan fingerprint density at radius 3 is 2.61 bits per heavy atom. The average molecular weight is 321 g/mol. The van der Waals surface area contributed by atoms with Crippen molar-refractivity contribution in [3.05, 3.63) is 24.0 Å². The predicted octanol–water partition coefficient (Wildman–Crippen LogP) is 1.87. The standard InChI is InChI=1S/C16H23N3O4/c1-11-10-18(14(21)13-12(20)6-5-7-17-13)8-9-19(11)15(22)23-16(2,3)4/h5-7,11,20H,8-10H2,1-4H3/t11-/m1/s1. The lowest BCUT2D eigenvalue weighted by Gasteiger charge is -2.40. The van der Waals surface area contributed by atoms with Crippen molar-refractivity contribution in [2.45, 2.75) is 39.3 Å². The molecule has 0 saturated carbocycles. The highest BCUT2D eigenvalue weighted by atomic mass is 16.6. The Morgan fingerprint density at radius 1 is 1.35 bits per heavy atom. The van der Waals surface area contributed by atoms with Crippen LogP contribution in [0.4, 0.5) is 4.79 Å². The lowest BCUT2D eigenvalue weighted by molar-refractivity contribution is 0.00184. The van der Waals surface area contributed by atoms with Crippen molar-refractivity contribution >= 4 is 12.0 Å². The maximum Gasteiger partial charge on any atom is 0.410 e. The molecule has 1 aromatic heterocycles. The summed E-state index contributed by atoms with van der Waals surface area (Å²) in [5, 5.41) is 9.75. The van der Waals surface area contributed by atoms with E-state index in [9.17, 15) is 14.7 Å². The van der Waals surface area contributed by atoms with Crippen LogP contribution in [-0.2, 0) is 4.74 Å². The molecule has 0 spiro atoms. The molecule has 1 aliphatic heterocycles. The van der Waals surface area contributed by atoms with Crippen LogP contribution in [0.15, 0.2) is 18.3 Å². The maximum absolute atomic E-state index is 12.4. The summed E-state index contributed by atoms with van der Waals surface area (Å²) in [6.45, 7) is 8.45. The predicted molar refractivity (Wildman–Crippen MR) is 84.2 cm³/mol. The van der Waals surface area contributed by atoms with Gasteiger partial charge in [0.15, 0.2) is 5.69 Å². The van der Waals surface area contributed by atoms with Crippen molar-refractivity contribution in [3.63, 3.8) is 0 Å². The molecule has 0 bridgehead atoms. The van der Waals surface area contributed by atoms with Crippen LogP contribution >= 0.6 is 0 Å². The first-order chi connectivity index (χ1) is 10.7. The van der Waals surface area contributed by atoms with Crippen molar-refractivity contribution in [3.8, 4) is 5.75 Å². The highest BCUT2D eigenvalue weighted by Crippen LogP contribution is 2.19. The number of hydrogen-bond donors (Lipinski definition) is 1. The summed E-state index contributed by atoms with van der Waals surface area (Å²) in [5.41, 5.74) is -0.519. The van der Waals surface area contributed by atoms with Gasteiger partial charge in [-0.2, -0.15) is 0 Å². The Hall–Kier alpha value is -2.31. The topological polar surface area (TPSA) is 83.0 Å². The third kappa shape index (κ3) is 4.12. The molecule has 23 heavy (non-hydrogen) atoms. The van der Waals surface area contributed by atoms with Gasteiger partial charge in [0.2, 0.25) is 0 Å². The van der Waals surface area contributed by atoms with Gasteiger partial charge in [-0.1, -0.05) is 0 Å². The molecule has 1 aromatic rings. The largest absolute Gasteiger partial charge is 0.505 e. The third-order valence-electron chi connectivity index (χ3n) is 3.53. The zero-order valence-corrected chi connectivity index (χ0v) is 13.9. The number of nitrogens with zero attached hydrogens (tertiary/aromatic N) is 3. The molecule has 0 aromatic carbocycles. The molecule has 7 nitrogen and oxygen atoms in total. The first kappa shape index (κ1) is 17.1. The Labute approximate surface area is 135 Å². The van der Waals surface area contributed by atoms with Crippen LogP contribution in [0, 0.1) is 0 Å². The van der Waals surface area contributed by atoms with E-state index in [0.29, 0.717) is 19.6 Å². The van der Waals surface area contributed by atoms with E-state index in [0.717, 1.165) is 0 Å². The van der Waals surface area contributed by atoms with Gasteiger partial charge in [0.1, 0.15) is 11.4 Å². The summed E-state index contributed by atoms with van der Waals surface area (Å²) in [6.07, 6.45) is 1.09. The molecule has 0 radical (unpaired) electrons. The van der Waals surface area contributed by atoms with E-state index in [2.05, 4.69) is 4.98 Å². The van der Waals surface area contributed by atoms with E-state index < -0.39 is 5.60 Å². The second-order valence-electron chi connectivity index (χ2n) is 6.65. The van der Waals surface area contributed by atoms with Crippen LogP contribution in [0.1, 0.15) is 38.2 Å². The number of aromatic nitrogens is 1. The summed E-state index contributed by atoms with van der Waals surface area (Å²) in [7, 11) is 0. The minimum atomic E-state index is -0.552. The molecule has 1 saturated heterocycles. The van der Waals surface area contributed by atoms with E-state index in [1.807, 2.05) is 27.7 Å². The molecule has 2 rings (SSSR count). The first-order valence-electron chi connectivity index (χ1n) is 7.62. The number of aromatic hydroxyl groups is 1. The maximum atomic E-state index is 12.4. The summed E-state index contributed by atoms with van der Waals surface area (Å²) in [4.78, 5) is 31.8. The molecular formula is C16H23N3O4. The minimum Gasteiger partial charge on any atom is -0.505 e. The van der Waals surface area contributed by atoms with Crippen molar-refractivity contribution in [1.29, 1.82) is 0 Å². The van der Waals surface area contributed by atoms with Gasteiger partial charge in [-0.3, -0.25) is 4.79 Å². The monoisotopic (exact) mass is 321 g/mol. The van der Waals surface area contributed by atoms with Crippen molar-refractivity contribution in [1.82, 2.24) is 14.8 Å². The van der Waals surface area contributed by atoms with E-state index in [1.165, 1.54) is 12.3 Å². The van der Waals surface area contributed by atoms with Gasteiger partial charge < -0.3 is 19.6 Å². The molecule has 1 atom stereocenters. The number of pyridine rings is 1. The molecule has 126 valence electrons. The summed E-state index contributed by atoms with van der Waals surface area (Å²) < 4.78 is 5.38. The quantitative estimate of drug-likeness (QED) is 0.854. The highest BCUT2D eigenvalue weighted by molar-refractivity contribution is 5.95. The Balaban J connectivity index is 2.03. The van der Waals surface area contributed by atoms with Crippen LogP contribution in [0.25, 0.3) is 0 Å². The number of hydrogen-bond acceptors (Lipinski definition) is 5. The van der Waals surface area contributed by atoms with E-state index in [1.54, 1.807) is 15.9 Å². The Kier molecular flexibility index (Phi) is 4.77. The van der Waals surface area contributed by atoms with Crippen LogP contribution in [0.3, 0.4) is 0 Å². The fourth-order valence-corrected chi connectivity index (χ4v) is 2.45.